The zero-order valence-corrected chi connectivity index (χ0v) is 9.82. The van der Waals surface area contributed by atoms with Crippen LogP contribution in [0.1, 0.15) is 0 Å². The molecule has 0 aromatic carbocycles. The van der Waals surface area contributed by atoms with E-state index in [1.165, 1.54) is 14.2 Å². The summed E-state index contributed by atoms with van der Waals surface area (Å²) in [4.78, 5) is 28.3. The molecule has 0 spiro atoms. The summed E-state index contributed by atoms with van der Waals surface area (Å²) in [6.45, 7) is 6.25. The molecule has 0 amide bonds. The van der Waals surface area contributed by atoms with Crippen molar-refractivity contribution in [3.05, 3.63) is 25.7 Å². The highest BCUT2D eigenvalue weighted by atomic mass is 16.7. The average molecular weight is 266 g/mol. The Morgan fingerprint density at radius 3 is 1.17 bits per heavy atom. The molecule has 18 heavy (non-hydrogen) atoms. The van der Waals surface area contributed by atoms with Crippen molar-refractivity contribution >= 4 is 18.5 Å². The highest BCUT2D eigenvalue weighted by molar-refractivity contribution is 5.60. The van der Waals surface area contributed by atoms with Crippen molar-refractivity contribution in [1.29, 1.82) is 0 Å². The van der Waals surface area contributed by atoms with Gasteiger partial charge in [0.1, 0.15) is 0 Å². The van der Waals surface area contributed by atoms with E-state index in [1.54, 1.807) is 0 Å². The Morgan fingerprint density at radius 1 is 0.889 bits per heavy atom. The fraction of sp³-hybridized carbons (Fsp3) is 0.222. The number of ether oxygens (including phenoxy) is 4. The number of carbonyl (C=O) groups is 3. The lowest BCUT2D eigenvalue weighted by Crippen LogP contribution is -1.96. The van der Waals surface area contributed by atoms with Crippen molar-refractivity contribution in [2.75, 3.05) is 14.2 Å². The van der Waals surface area contributed by atoms with Crippen LogP contribution in [0.4, 0.5) is 14.4 Å². The van der Waals surface area contributed by atoms with E-state index in [4.69, 9.17) is 15.0 Å². The van der Waals surface area contributed by atoms with Crippen LogP contribution in [0, 0.1) is 0 Å². The first-order valence-corrected chi connectivity index (χ1v) is 3.98. The SMILES string of the molecule is C=COC(=O)OC.C=COC(=O)OC.O=C(O)O. The van der Waals surface area contributed by atoms with Gasteiger partial charge in [-0.05, 0) is 0 Å². The zero-order valence-electron chi connectivity index (χ0n) is 9.82. The van der Waals surface area contributed by atoms with Gasteiger partial charge < -0.3 is 29.2 Å². The first-order chi connectivity index (χ1) is 8.35. The molecule has 0 aliphatic heterocycles. The molecule has 0 atom stereocenters. The Balaban J connectivity index is -0.000000196. The van der Waals surface area contributed by atoms with Gasteiger partial charge in [0.05, 0.1) is 26.7 Å². The van der Waals surface area contributed by atoms with E-state index < -0.39 is 18.5 Å². The minimum atomic E-state index is -1.83. The summed E-state index contributed by atoms with van der Waals surface area (Å²) in [5, 5.41) is 13.9. The van der Waals surface area contributed by atoms with Crippen LogP contribution in [0.25, 0.3) is 0 Å². The van der Waals surface area contributed by atoms with E-state index >= 15 is 0 Å². The Bertz CT molecular complexity index is 245. The minimum Gasteiger partial charge on any atom is -0.450 e. The van der Waals surface area contributed by atoms with Crippen molar-refractivity contribution in [3.63, 3.8) is 0 Å². The number of methoxy groups -OCH3 is 2. The standard InChI is InChI=1S/2C4H6O3.CH2O3/c2*1-3-7-4(5)6-2;2-1(3)4/h2*3H,1H2,2H3;(H2,2,3,4). The zero-order chi connectivity index (χ0) is 15.0. The molecule has 0 heterocycles. The Morgan fingerprint density at radius 2 is 1.11 bits per heavy atom. The molecule has 0 aromatic heterocycles. The average Bonchev–Trinajstić information content (AvgIpc) is 2.29. The van der Waals surface area contributed by atoms with Gasteiger partial charge in [-0.3, -0.25) is 0 Å². The molecule has 0 aliphatic carbocycles. The number of carboxylic acid groups (broad SMARTS) is 2. The summed E-state index contributed by atoms with van der Waals surface area (Å²) in [5.41, 5.74) is 0. The quantitative estimate of drug-likeness (QED) is 0.569. The van der Waals surface area contributed by atoms with E-state index in [-0.39, 0.29) is 0 Å². The molecular formula is C9H14O9. The van der Waals surface area contributed by atoms with Crippen molar-refractivity contribution < 1.29 is 43.5 Å². The van der Waals surface area contributed by atoms with Crippen molar-refractivity contribution in [2.45, 2.75) is 0 Å². The lowest BCUT2D eigenvalue weighted by molar-refractivity contribution is 0.105. The summed E-state index contributed by atoms with van der Waals surface area (Å²) >= 11 is 0. The molecule has 0 rings (SSSR count). The highest BCUT2D eigenvalue weighted by Gasteiger charge is 1.91. The summed E-state index contributed by atoms with van der Waals surface area (Å²) in [5.74, 6) is 0. The molecule has 0 saturated heterocycles. The summed E-state index contributed by atoms with van der Waals surface area (Å²) < 4.78 is 16.3. The molecule has 9 heteroatoms. The molecule has 0 radical (unpaired) electrons. The Hall–Kier alpha value is -2.71. The van der Waals surface area contributed by atoms with Crippen LogP contribution in [0.3, 0.4) is 0 Å². The number of rotatable bonds is 2. The molecule has 0 aliphatic rings. The van der Waals surface area contributed by atoms with Gasteiger partial charge in [0.2, 0.25) is 0 Å². The molecule has 0 bridgehead atoms. The van der Waals surface area contributed by atoms with Crippen LogP contribution in [0.2, 0.25) is 0 Å². The molecule has 2 N–H and O–H groups in total. The van der Waals surface area contributed by atoms with Crippen LogP contribution >= 0.6 is 0 Å². The van der Waals surface area contributed by atoms with Gasteiger partial charge in [-0.25, -0.2) is 14.4 Å². The molecule has 0 saturated carbocycles. The molecule has 0 fully saturated rings. The second-order valence-electron chi connectivity index (χ2n) is 1.76. The van der Waals surface area contributed by atoms with Crippen LogP contribution in [-0.2, 0) is 18.9 Å². The van der Waals surface area contributed by atoms with Gasteiger partial charge >= 0.3 is 18.5 Å². The monoisotopic (exact) mass is 266 g/mol. The third kappa shape index (κ3) is 37.8. The minimum absolute atomic E-state index is 0.741. The van der Waals surface area contributed by atoms with Crippen molar-refractivity contribution in [1.82, 2.24) is 0 Å². The maximum absolute atomic E-state index is 9.90. The third-order valence-electron chi connectivity index (χ3n) is 0.692. The van der Waals surface area contributed by atoms with Crippen LogP contribution in [0.5, 0.6) is 0 Å². The van der Waals surface area contributed by atoms with Gasteiger partial charge in [-0.15, -0.1) is 0 Å². The summed E-state index contributed by atoms with van der Waals surface area (Å²) in [6.07, 6.45) is -1.30. The molecular weight excluding hydrogens is 252 g/mol. The second-order valence-corrected chi connectivity index (χ2v) is 1.76. The molecule has 0 aromatic rings. The van der Waals surface area contributed by atoms with Crippen LogP contribution in [-0.4, -0.2) is 42.9 Å². The van der Waals surface area contributed by atoms with Gasteiger partial charge in [0.25, 0.3) is 0 Å². The Kier molecular flexibility index (Phi) is 19.2. The molecule has 0 unspecified atom stereocenters. The van der Waals surface area contributed by atoms with E-state index in [0.29, 0.717) is 0 Å². The van der Waals surface area contributed by atoms with Gasteiger partial charge in [-0.2, -0.15) is 0 Å². The van der Waals surface area contributed by atoms with Gasteiger partial charge in [0, 0.05) is 0 Å². The second kappa shape index (κ2) is 16.7. The third-order valence-corrected chi connectivity index (χ3v) is 0.692. The molecule has 9 nitrogen and oxygen atoms in total. The van der Waals surface area contributed by atoms with E-state index in [1.807, 2.05) is 0 Å². The summed E-state index contributed by atoms with van der Waals surface area (Å²) in [6, 6.07) is 0. The maximum atomic E-state index is 9.90. The van der Waals surface area contributed by atoms with Gasteiger partial charge in [-0.1, -0.05) is 13.2 Å². The predicted octanol–water partition coefficient (Wildman–Crippen LogP) is 2.05. The van der Waals surface area contributed by atoms with E-state index in [9.17, 15) is 9.59 Å². The number of hydrogen-bond donors (Lipinski definition) is 2. The van der Waals surface area contributed by atoms with Crippen LogP contribution < -0.4 is 0 Å². The fourth-order valence-electron chi connectivity index (χ4n) is 0.232. The van der Waals surface area contributed by atoms with Crippen molar-refractivity contribution in [2.24, 2.45) is 0 Å². The van der Waals surface area contributed by atoms with E-state index in [2.05, 4.69) is 32.1 Å². The van der Waals surface area contributed by atoms with E-state index in [0.717, 1.165) is 12.5 Å². The molecule has 104 valence electrons. The number of hydrogen-bond acceptors (Lipinski definition) is 7. The number of carbonyl (C=O) groups excluding carboxylic acids is 2. The smallest absolute Gasteiger partial charge is 0.450 e. The first kappa shape index (κ1) is 20.7. The maximum Gasteiger partial charge on any atom is 0.512 e. The lowest BCUT2D eigenvalue weighted by Gasteiger charge is -1.90. The predicted molar refractivity (Wildman–Crippen MR) is 58.0 cm³/mol. The first-order valence-electron chi connectivity index (χ1n) is 3.98. The van der Waals surface area contributed by atoms with Crippen LogP contribution in [0.15, 0.2) is 25.7 Å². The topological polar surface area (TPSA) is 129 Å². The normalized spacial score (nSPS) is 6.78. The summed E-state index contributed by atoms with van der Waals surface area (Å²) in [7, 11) is 2.46. The van der Waals surface area contributed by atoms with Crippen molar-refractivity contribution in [3.8, 4) is 0 Å². The largest absolute Gasteiger partial charge is 0.512 e. The highest BCUT2D eigenvalue weighted by Crippen LogP contribution is 1.79. The Labute approximate surface area is 103 Å². The van der Waals surface area contributed by atoms with Gasteiger partial charge in [0.15, 0.2) is 0 Å². The lowest BCUT2D eigenvalue weighted by atomic mass is 11.1. The fourth-order valence-corrected chi connectivity index (χ4v) is 0.232.